The first-order valence-electron chi connectivity index (χ1n) is 23.5. The summed E-state index contributed by atoms with van der Waals surface area (Å²) in [4.78, 5) is 74.5. The highest BCUT2D eigenvalue weighted by molar-refractivity contribution is 5.92. The van der Waals surface area contributed by atoms with Crippen molar-refractivity contribution in [1.82, 2.24) is 25.3 Å². The maximum absolute atomic E-state index is 14.5. The second kappa shape index (κ2) is 29.8. The number of rotatable bonds is 31. The number of aliphatic hydroxyl groups is 1. The van der Waals surface area contributed by atoms with Gasteiger partial charge in [-0.2, -0.15) is 0 Å². The summed E-state index contributed by atoms with van der Waals surface area (Å²) in [6, 6.07) is 5.86. The highest BCUT2D eigenvalue weighted by Gasteiger charge is 2.43. The van der Waals surface area contributed by atoms with Crippen molar-refractivity contribution in [2.24, 2.45) is 29.4 Å². The van der Waals surface area contributed by atoms with E-state index in [1.807, 2.05) is 59.7 Å². The van der Waals surface area contributed by atoms with Gasteiger partial charge >= 0.3 is 0 Å². The summed E-state index contributed by atoms with van der Waals surface area (Å²) in [6.07, 6.45) is -0.140. The molecule has 10 atom stereocenters. The maximum atomic E-state index is 14.5. The summed E-state index contributed by atoms with van der Waals surface area (Å²) in [7, 11) is 6.34. The van der Waals surface area contributed by atoms with Crippen molar-refractivity contribution in [2.75, 3.05) is 81.0 Å². The lowest BCUT2D eigenvalue weighted by atomic mass is 9.89. The van der Waals surface area contributed by atoms with E-state index in [1.54, 1.807) is 49.9 Å². The molecule has 5 N–H and O–H groups in total. The van der Waals surface area contributed by atoms with Crippen LogP contribution in [-0.2, 0) is 47.7 Å². The third kappa shape index (κ3) is 17.5. The second-order valence-electron chi connectivity index (χ2n) is 18.0. The van der Waals surface area contributed by atoms with Gasteiger partial charge in [-0.05, 0) is 43.1 Å². The highest BCUT2D eigenvalue weighted by atomic mass is 16.5. The summed E-state index contributed by atoms with van der Waals surface area (Å²) >= 11 is 0. The number of methoxy groups -OCH3 is 2. The van der Waals surface area contributed by atoms with Crippen LogP contribution >= 0.6 is 0 Å². The van der Waals surface area contributed by atoms with Gasteiger partial charge in [0, 0.05) is 41.4 Å². The molecule has 65 heavy (non-hydrogen) atoms. The standard InChI is InChI=1S/C48H84N6O11/c1-13-33(6)43(38(61-11)30-40(56)54-23-17-20-37(54)45(62-12)34(7)46(58)50-35(8)44(57)36-18-15-14-16-19-36)53(10)48(60)41(31(2)3)51-47(59)42(32(4)5)52(9)39(55)21-24-63-26-28-65-29-27-64-25-22-49/h14-16,18-19,31-35,37-38,41-45,57H,13,17,20-30,49H2,1-12H3,(H,50,58)(H,51,59)/t33-,34?,35+,37-,38+,41-,42-,43-,44+,45+/m0/s1. The van der Waals surface area contributed by atoms with Crippen LogP contribution in [0.5, 0.6) is 0 Å². The maximum Gasteiger partial charge on any atom is 0.245 e. The second-order valence-corrected chi connectivity index (χ2v) is 18.0. The summed E-state index contributed by atoms with van der Waals surface area (Å²) in [6.45, 7) is 18.0. The van der Waals surface area contributed by atoms with Crippen LogP contribution in [0.15, 0.2) is 30.3 Å². The lowest BCUT2D eigenvalue weighted by molar-refractivity contribution is -0.148. The Balaban J connectivity index is 2.16. The quantitative estimate of drug-likeness (QED) is 0.0792. The normalized spacial score (nSPS) is 18.3. The summed E-state index contributed by atoms with van der Waals surface area (Å²) in [5.41, 5.74) is 6.10. The van der Waals surface area contributed by atoms with Crippen LogP contribution in [0.3, 0.4) is 0 Å². The minimum absolute atomic E-state index is 0.0289. The van der Waals surface area contributed by atoms with Crippen molar-refractivity contribution in [3.05, 3.63) is 35.9 Å². The average molecular weight is 921 g/mol. The molecule has 17 heteroatoms. The Morgan fingerprint density at radius 2 is 1.42 bits per heavy atom. The molecule has 0 bridgehead atoms. The Hall–Kier alpha value is -3.71. The Morgan fingerprint density at radius 3 is 1.95 bits per heavy atom. The van der Waals surface area contributed by atoms with Crippen molar-refractivity contribution in [3.63, 3.8) is 0 Å². The first-order valence-corrected chi connectivity index (χ1v) is 23.5. The molecule has 1 saturated heterocycles. The van der Waals surface area contributed by atoms with Gasteiger partial charge in [-0.25, -0.2) is 0 Å². The number of ether oxygens (including phenoxy) is 5. The molecule has 1 heterocycles. The lowest BCUT2D eigenvalue weighted by Crippen LogP contribution is -2.60. The van der Waals surface area contributed by atoms with Crippen LogP contribution in [-0.4, -0.2) is 173 Å². The zero-order valence-corrected chi connectivity index (χ0v) is 41.5. The van der Waals surface area contributed by atoms with Gasteiger partial charge in [0.05, 0.1) is 94.8 Å². The first kappa shape index (κ1) is 57.4. The Bertz CT molecular complexity index is 1570. The topological polar surface area (TPSA) is 212 Å². The fraction of sp³-hybridized carbons (Fsp3) is 0.771. The van der Waals surface area contributed by atoms with E-state index >= 15 is 0 Å². The number of likely N-dealkylation sites (N-methyl/N-ethyl adjacent to an activating group) is 2. The van der Waals surface area contributed by atoms with Crippen LogP contribution in [0.25, 0.3) is 0 Å². The smallest absolute Gasteiger partial charge is 0.245 e. The van der Waals surface area contributed by atoms with Gasteiger partial charge in [-0.15, -0.1) is 0 Å². The molecule has 2 rings (SSSR count). The lowest BCUT2D eigenvalue weighted by Gasteiger charge is -2.41. The van der Waals surface area contributed by atoms with Gasteiger partial charge < -0.3 is 59.9 Å². The van der Waals surface area contributed by atoms with Crippen molar-refractivity contribution < 1.29 is 52.8 Å². The molecule has 0 spiro atoms. The number of hydrogen-bond acceptors (Lipinski definition) is 12. The van der Waals surface area contributed by atoms with E-state index in [0.29, 0.717) is 64.5 Å². The van der Waals surface area contributed by atoms with E-state index in [-0.39, 0.29) is 66.9 Å². The van der Waals surface area contributed by atoms with Gasteiger partial charge in [0.1, 0.15) is 12.1 Å². The van der Waals surface area contributed by atoms with Crippen molar-refractivity contribution in [2.45, 2.75) is 136 Å². The molecule has 1 aliphatic rings. The molecular weight excluding hydrogens is 837 g/mol. The van der Waals surface area contributed by atoms with Crippen molar-refractivity contribution in [3.8, 4) is 0 Å². The number of nitrogens with two attached hydrogens (primary N) is 1. The van der Waals surface area contributed by atoms with Gasteiger partial charge in [-0.3, -0.25) is 24.0 Å². The number of benzene rings is 1. The first-order chi connectivity index (χ1) is 30.9. The number of carbonyl (C=O) groups excluding carboxylic acids is 5. The third-order valence-electron chi connectivity index (χ3n) is 12.7. The minimum Gasteiger partial charge on any atom is -0.386 e. The molecule has 0 radical (unpaired) electrons. The molecule has 1 aromatic rings. The molecule has 0 aromatic heterocycles. The number of likely N-dealkylation sites (tertiary alicyclic amines) is 1. The number of carbonyl (C=O) groups is 5. The van der Waals surface area contributed by atoms with Crippen LogP contribution < -0.4 is 16.4 Å². The van der Waals surface area contributed by atoms with Crippen molar-refractivity contribution >= 4 is 29.5 Å². The number of nitrogens with zero attached hydrogens (tertiary/aromatic N) is 3. The van der Waals surface area contributed by atoms with Gasteiger partial charge in [0.2, 0.25) is 29.5 Å². The fourth-order valence-electron chi connectivity index (χ4n) is 8.69. The number of aliphatic hydroxyl groups excluding tert-OH is 1. The van der Waals surface area contributed by atoms with E-state index in [4.69, 9.17) is 29.4 Å². The van der Waals surface area contributed by atoms with E-state index in [2.05, 4.69) is 10.6 Å². The van der Waals surface area contributed by atoms with E-state index in [9.17, 15) is 29.1 Å². The molecule has 1 aliphatic heterocycles. The van der Waals surface area contributed by atoms with Crippen LogP contribution in [0.2, 0.25) is 0 Å². The predicted molar refractivity (Wildman–Crippen MR) is 249 cm³/mol. The molecule has 1 aromatic carbocycles. The zero-order valence-electron chi connectivity index (χ0n) is 41.5. The predicted octanol–water partition coefficient (Wildman–Crippen LogP) is 3.17. The van der Waals surface area contributed by atoms with E-state index < -0.39 is 54.3 Å². The molecule has 5 amide bonds. The van der Waals surface area contributed by atoms with Gasteiger partial charge in [0.15, 0.2) is 0 Å². The van der Waals surface area contributed by atoms with Crippen LogP contribution in [0.4, 0.5) is 0 Å². The fourth-order valence-corrected chi connectivity index (χ4v) is 8.69. The van der Waals surface area contributed by atoms with Crippen LogP contribution in [0, 0.1) is 23.7 Å². The molecule has 17 nitrogen and oxygen atoms in total. The minimum atomic E-state index is -0.935. The number of amides is 5. The van der Waals surface area contributed by atoms with Gasteiger partial charge in [-0.1, -0.05) is 85.2 Å². The van der Waals surface area contributed by atoms with Gasteiger partial charge in [0.25, 0.3) is 0 Å². The zero-order chi connectivity index (χ0) is 48.8. The summed E-state index contributed by atoms with van der Waals surface area (Å²) in [5.74, 6) is -2.85. The van der Waals surface area contributed by atoms with Crippen molar-refractivity contribution in [1.29, 1.82) is 0 Å². The molecule has 1 unspecified atom stereocenters. The van der Waals surface area contributed by atoms with Crippen LogP contribution in [0.1, 0.15) is 99.2 Å². The Morgan fingerprint density at radius 1 is 0.815 bits per heavy atom. The van der Waals surface area contributed by atoms with E-state index in [1.165, 1.54) is 19.1 Å². The monoisotopic (exact) mass is 921 g/mol. The highest BCUT2D eigenvalue weighted by Crippen LogP contribution is 2.30. The molecule has 0 saturated carbocycles. The Kier molecular flexibility index (Phi) is 26.4. The summed E-state index contributed by atoms with van der Waals surface area (Å²) in [5, 5.41) is 16.8. The number of nitrogens with one attached hydrogen (secondary N) is 2. The Labute approximate surface area is 389 Å². The largest absolute Gasteiger partial charge is 0.386 e. The average Bonchev–Trinajstić information content (AvgIpc) is 3.77. The van der Waals surface area contributed by atoms with E-state index in [0.717, 1.165) is 6.42 Å². The SMILES string of the molecule is CC[C@H](C)[C@@H]([C@@H](CC(=O)N1CCC[C@H]1[C@H](OC)C(C)C(=O)N[C@H](C)[C@@H](O)c1ccccc1)OC)N(C)C(=O)[C@@H](NC(=O)[C@H](C(C)C)N(C)C(=O)CCOCCOCCOCCN)C(C)C. The molecular formula is C48H84N6O11. The third-order valence-corrected chi connectivity index (χ3v) is 12.7. The molecule has 372 valence electrons. The molecule has 1 fully saturated rings. The summed E-state index contributed by atoms with van der Waals surface area (Å²) < 4.78 is 28.3. The molecule has 0 aliphatic carbocycles. The number of hydrogen-bond donors (Lipinski definition) is 4.